The van der Waals surface area contributed by atoms with Crippen LogP contribution in [0, 0.1) is 5.92 Å². The number of thiophene rings is 1. The van der Waals surface area contributed by atoms with Crippen molar-refractivity contribution >= 4 is 11.3 Å². The van der Waals surface area contributed by atoms with Crippen molar-refractivity contribution < 1.29 is 0 Å². The summed E-state index contributed by atoms with van der Waals surface area (Å²) in [5.41, 5.74) is 0. The summed E-state index contributed by atoms with van der Waals surface area (Å²) in [6.45, 7) is 11.4. The summed E-state index contributed by atoms with van der Waals surface area (Å²) in [5.74, 6) is 0.739. The minimum Gasteiger partial charge on any atom is -0.315 e. The molecule has 116 valence electrons. The minimum atomic E-state index is 0.739. The van der Waals surface area contributed by atoms with E-state index in [0.29, 0.717) is 0 Å². The third-order valence-corrected chi connectivity index (χ3v) is 4.16. The van der Waals surface area contributed by atoms with Crippen molar-refractivity contribution in [1.29, 1.82) is 0 Å². The van der Waals surface area contributed by atoms with Crippen LogP contribution in [0.4, 0.5) is 0 Å². The molecule has 1 rings (SSSR count). The van der Waals surface area contributed by atoms with Crippen LogP contribution in [0.15, 0.2) is 17.5 Å². The van der Waals surface area contributed by atoms with Crippen LogP contribution in [0.3, 0.4) is 0 Å². The summed E-state index contributed by atoms with van der Waals surface area (Å²) in [4.78, 5) is 6.31. The van der Waals surface area contributed by atoms with E-state index in [2.05, 4.69) is 60.6 Å². The van der Waals surface area contributed by atoms with Crippen LogP contribution in [-0.2, 0) is 6.42 Å². The molecule has 20 heavy (non-hydrogen) atoms. The largest absolute Gasteiger partial charge is 0.315 e. The Kier molecular flexibility index (Phi) is 9.10. The quantitative estimate of drug-likeness (QED) is 0.633. The lowest BCUT2D eigenvalue weighted by atomic mass is 10.2. The molecule has 1 heterocycles. The van der Waals surface area contributed by atoms with E-state index < -0.39 is 0 Å². The second-order valence-electron chi connectivity index (χ2n) is 6.08. The van der Waals surface area contributed by atoms with Crippen molar-refractivity contribution in [1.82, 2.24) is 15.1 Å². The fraction of sp³-hybridized carbons (Fsp3) is 0.750. The average Bonchev–Trinajstić information content (AvgIpc) is 2.87. The predicted octanol–water partition coefficient (Wildman–Crippen LogP) is 2.40. The maximum absolute atomic E-state index is 3.57. The van der Waals surface area contributed by atoms with Crippen LogP contribution >= 0.6 is 11.3 Å². The molecule has 0 aliphatic heterocycles. The van der Waals surface area contributed by atoms with Crippen LogP contribution in [0.5, 0.6) is 0 Å². The first-order valence-electron chi connectivity index (χ1n) is 7.68. The summed E-state index contributed by atoms with van der Waals surface area (Å²) >= 11 is 1.85. The molecule has 0 aliphatic carbocycles. The van der Waals surface area contributed by atoms with Crippen molar-refractivity contribution in [2.45, 2.75) is 20.3 Å². The van der Waals surface area contributed by atoms with Gasteiger partial charge in [-0.3, -0.25) is 0 Å². The minimum absolute atomic E-state index is 0.739. The maximum atomic E-state index is 3.57. The Bertz CT molecular complexity index is 322. The van der Waals surface area contributed by atoms with Crippen LogP contribution in [0.2, 0.25) is 0 Å². The number of rotatable bonds is 11. The molecule has 0 saturated carbocycles. The van der Waals surface area contributed by atoms with Gasteiger partial charge < -0.3 is 15.1 Å². The summed E-state index contributed by atoms with van der Waals surface area (Å²) < 4.78 is 0. The Balaban J connectivity index is 2.13. The van der Waals surface area contributed by atoms with Gasteiger partial charge in [-0.1, -0.05) is 19.9 Å². The number of nitrogens with one attached hydrogen (secondary N) is 1. The Labute approximate surface area is 129 Å². The van der Waals surface area contributed by atoms with Crippen molar-refractivity contribution in [3.63, 3.8) is 0 Å². The summed E-state index contributed by atoms with van der Waals surface area (Å²) in [6.07, 6.45) is 1.15. The molecule has 0 radical (unpaired) electrons. The third kappa shape index (κ3) is 8.69. The molecule has 0 aliphatic rings. The second-order valence-corrected chi connectivity index (χ2v) is 7.11. The second kappa shape index (κ2) is 10.3. The zero-order chi connectivity index (χ0) is 14.8. The molecule has 0 amide bonds. The highest BCUT2D eigenvalue weighted by Gasteiger charge is 2.07. The molecule has 1 aromatic heterocycles. The zero-order valence-corrected chi connectivity index (χ0v) is 14.4. The molecule has 0 aromatic carbocycles. The van der Waals surface area contributed by atoms with Gasteiger partial charge in [0.05, 0.1) is 0 Å². The Hall–Kier alpha value is -0.420. The van der Waals surface area contributed by atoms with E-state index in [9.17, 15) is 0 Å². The number of nitrogens with zero attached hydrogens (tertiary/aromatic N) is 2. The van der Waals surface area contributed by atoms with Crippen LogP contribution < -0.4 is 5.32 Å². The molecular formula is C16H31N3S. The van der Waals surface area contributed by atoms with E-state index in [1.54, 1.807) is 0 Å². The third-order valence-electron chi connectivity index (χ3n) is 3.22. The van der Waals surface area contributed by atoms with Gasteiger partial charge in [-0.05, 0) is 37.9 Å². The van der Waals surface area contributed by atoms with Crippen molar-refractivity contribution in [3.05, 3.63) is 22.4 Å². The van der Waals surface area contributed by atoms with Crippen molar-refractivity contribution in [3.8, 4) is 0 Å². The van der Waals surface area contributed by atoms with Gasteiger partial charge in [-0.25, -0.2) is 0 Å². The first-order valence-corrected chi connectivity index (χ1v) is 8.56. The molecule has 0 atom stereocenters. The van der Waals surface area contributed by atoms with E-state index in [1.807, 2.05) is 11.3 Å². The van der Waals surface area contributed by atoms with E-state index in [4.69, 9.17) is 0 Å². The monoisotopic (exact) mass is 297 g/mol. The lowest BCUT2D eigenvalue weighted by Crippen LogP contribution is -2.39. The van der Waals surface area contributed by atoms with Gasteiger partial charge in [-0.15, -0.1) is 11.3 Å². The fourth-order valence-corrected chi connectivity index (χ4v) is 2.89. The molecule has 0 fully saturated rings. The molecule has 0 unspecified atom stereocenters. The maximum Gasteiger partial charge on any atom is 0.0110 e. The van der Waals surface area contributed by atoms with Gasteiger partial charge in [0.1, 0.15) is 0 Å². The SMILES string of the molecule is CC(C)CN(CCNCCc1cccs1)CCN(C)C. The number of hydrogen-bond donors (Lipinski definition) is 1. The van der Waals surface area contributed by atoms with E-state index in [-0.39, 0.29) is 0 Å². The van der Waals surface area contributed by atoms with Gasteiger partial charge in [0.25, 0.3) is 0 Å². The molecule has 1 aromatic rings. The lowest BCUT2D eigenvalue weighted by Gasteiger charge is -2.25. The van der Waals surface area contributed by atoms with E-state index >= 15 is 0 Å². The van der Waals surface area contributed by atoms with Gasteiger partial charge in [0, 0.05) is 44.1 Å². The van der Waals surface area contributed by atoms with Crippen LogP contribution in [0.25, 0.3) is 0 Å². The molecule has 4 heteroatoms. The smallest absolute Gasteiger partial charge is 0.0110 e. The van der Waals surface area contributed by atoms with Gasteiger partial charge in [0.2, 0.25) is 0 Å². The summed E-state index contributed by atoms with van der Waals surface area (Å²) in [5, 5.41) is 5.72. The highest BCUT2D eigenvalue weighted by Crippen LogP contribution is 2.07. The zero-order valence-electron chi connectivity index (χ0n) is 13.6. The number of hydrogen-bond acceptors (Lipinski definition) is 4. The van der Waals surface area contributed by atoms with Gasteiger partial charge >= 0.3 is 0 Å². The van der Waals surface area contributed by atoms with Gasteiger partial charge in [-0.2, -0.15) is 0 Å². The highest BCUT2D eigenvalue weighted by molar-refractivity contribution is 7.09. The standard InChI is InChI=1S/C16H31N3S/c1-15(2)14-19(12-11-18(3)4)10-9-17-8-7-16-6-5-13-20-16/h5-6,13,15,17H,7-12,14H2,1-4H3. The summed E-state index contributed by atoms with van der Waals surface area (Å²) in [6, 6.07) is 4.35. The summed E-state index contributed by atoms with van der Waals surface area (Å²) in [7, 11) is 4.29. The van der Waals surface area contributed by atoms with Crippen molar-refractivity contribution in [2.75, 3.05) is 53.4 Å². The Morgan fingerprint density at radius 2 is 1.95 bits per heavy atom. The molecule has 0 spiro atoms. The molecule has 1 N–H and O–H groups in total. The Morgan fingerprint density at radius 3 is 2.55 bits per heavy atom. The molecular weight excluding hydrogens is 266 g/mol. The molecule has 0 bridgehead atoms. The molecule has 3 nitrogen and oxygen atoms in total. The van der Waals surface area contributed by atoms with Gasteiger partial charge in [0.15, 0.2) is 0 Å². The highest BCUT2D eigenvalue weighted by atomic mass is 32.1. The van der Waals surface area contributed by atoms with Crippen LogP contribution in [-0.4, -0.2) is 63.2 Å². The van der Waals surface area contributed by atoms with Crippen LogP contribution in [0.1, 0.15) is 18.7 Å². The van der Waals surface area contributed by atoms with E-state index in [0.717, 1.165) is 45.1 Å². The first kappa shape index (κ1) is 17.6. The lowest BCUT2D eigenvalue weighted by molar-refractivity contribution is 0.219. The number of likely N-dealkylation sites (N-methyl/N-ethyl adjacent to an activating group) is 1. The Morgan fingerprint density at radius 1 is 1.15 bits per heavy atom. The fourth-order valence-electron chi connectivity index (χ4n) is 2.18. The van der Waals surface area contributed by atoms with E-state index in [1.165, 1.54) is 11.4 Å². The predicted molar refractivity (Wildman–Crippen MR) is 90.7 cm³/mol. The topological polar surface area (TPSA) is 18.5 Å². The average molecular weight is 298 g/mol. The normalized spacial score (nSPS) is 11.9. The first-order chi connectivity index (χ1) is 9.58. The molecule has 0 saturated heterocycles. The van der Waals surface area contributed by atoms with Crippen molar-refractivity contribution in [2.24, 2.45) is 5.92 Å².